The lowest BCUT2D eigenvalue weighted by Crippen LogP contribution is -2.08. The van der Waals surface area contributed by atoms with Crippen molar-refractivity contribution in [3.05, 3.63) is 59.0 Å². The lowest BCUT2D eigenvalue weighted by molar-refractivity contribution is 0.414. The number of nitrogens with one attached hydrogen (secondary N) is 1. The third-order valence-corrected chi connectivity index (χ3v) is 5.08. The monoisotopic (exact) mass is 316 g/mol. The molecule has 0 amide bonds. The van der Waals surface area contributed by atoms with Crippen molar-refractivity contribution >= 4 is 20.6 Å². The molecule has 0 spiro atoms. The summed E-state index contributed by atoms with van der Waals surface area (Å²) in [5.74, 6) is 0.577. The van der Waals surface area contributed by atoms with Crippen LogP contribution in [0.15, 0.2) is 63.2 Å². The predicted molar refractivity (Wildman–Crippen MR) is 80.8 cm³/mol. The van der Waals surface area contributed by atoms with E-state index < -0.39 is 9.84 Å². The Morgan fingerprint density at radius 3 is 2.41 bits per heavy atom. The quantitative estimate of drug-likeness (QED) is 0.795. The first-order chi connectivity index (χ1) is 10.5. The van der Waals surface area contributed by atoms with E-state index in [1.165, 1.54) is 43.6 Å². The molecule has 3 rings (SSSR count). The zero-order valence-corrected chi connectivity index (χ0v) is 12.4. The van der Waals surface area contributed by atoms with Crippen molar-refractivity contribution in [1.29, 1.82) is 0 Å². The topological polar surface area (TPSA) is 89.1 Å². The molecule has 0 unspecified atom stereocenters. The summed E-state index contributed by atoms with van der Waals surface area (Å²) in [6.07, 6.45) is 1.42. The zero-order valence-electron chi connectivity index (χ0n) is 11.6. The molecule has 0 aliphatic heterocycles. The Morgan fingerprint density at radius 1 is 1.05 bits per heavy atom. The first-order valence-electron chi connectivity index (χ1n) is 6.39. The average molecular weight is 316 g/mol. The maximum Gasteiger partial charge on any atom is 0.272 e. The highest BCUT2D eigenvalue weighted by molar-refractivity contribution is 7.91. The largest absolute Gasteiger partial charge is 0.497 e. The molecule has 7 heteroatoms. The van der Waals surface area contributed by atoms with Crippen LogP contribution in [0, 0.1) is 0 Å². The Labute approximate surface area is 126 Å². The number of hydrogen-bond donors (Lipinski definition) is 1. The number of H-pyrrole nitrogens is 1. The number of fused-ring (bicyclic) bond motifs is 1. The van der Waals surface area contributed by atoms with E-state index in [0.717, 1.165) is 0 Å². The third-order valence-electron chi connectivity index (χ3n) is 3.32. The Kier molecular flexibility index (Phi) is 3.42. The Bertz CT molecular complexity index is 992. The lowest BCUT2D eigenvalue weighted by Gasteiger charge is -2.06. The van der Waals surface area contributed by atoms with Crippen molar-refractivity contribution in [3.63, 3.8) is 0 Å². The van der Waals surface area contributed by atoms with E-state index in [2.05, 4.69) is 10.2 Å². The van der Waals surface area contributed by atoms with Gasteiger partial charge in [0.25, 0.3) is 5.56 Å². The van der Waals surface area contributed by atoms with E-state index in [0.29, 0.717) is 16.5 Å². The molecule has 3 aromatic rings. The van der Waals surface area contributed by atoms with Crippen molar-refractivity contribution in [2.75, 3.05) is 7.11 Å². The average Bonchev–Trinajstić information content (AvgIpc) is 2.55. The van der Waals surface area contributed by atoms with Crippen LogP contribution in [0.25, 0.3) is 10.8 Å². The summed E-state index contributed by atoms with van der Waals surface area (Å²) in [6, 6.07) is 10.5. The summed E-state index contributed by atoms with van der Waals surface area (Å²) in [7, 11) is -2.15. The summed E-state index contributed by atoms with van der Waals surface area (Å²) in [6.45, 7) is 0. The Morgan fingerprint density at radius 2 is 1.73 bits per heavy atom. The van der Waals surface area contributed by atoms with Crippen LogP contribution in [-0.2, 0) is 9.84 Å². The molecule has 1 aromatic heterocycles. The normalized spacial score (nSPS) is 11.5. The molecule has 22 heavy (non-hydrogen) atoms. The molecular formula is C15H12N2O4S. The van der Waals surface area contributed by atoms with Gasteiger partial charge in [-0.2, -0.15) is 5.10 Å². The SMILES string of the molecule is COc1ccc(S(=O)(=O)c2ccc3c(=O)[nH]ncc3c2)cc1. The van der Waals surface area contributed by atoms with Gasteiger partial charge in [0.15, 0.2) is 0 Å². The Hall–Kier alpha value is -2.67. The second-order valence-corrected chi connectivity index (χ2v) is 6.58. The van der Waals surface area contributed by atoms with Gasteiger partial charge in [0.2, 0.25) is 9.84 Å². The van der Waals surface area contributed by atoms with Crippen LogP contribution in [-0.4, -0.2) is 25.7 Å². The van der Waals surface area contributed by atoms with Crippen LogP contribution in [0.5, 0.6) is 5.75 Å². The number of aromatic amines is 1. The van der Waals surface area contributed by atoms with E-state index in [9.17, 15) is 13.2 Å². The van der Waals surface area contributed by atoms with E-state index in [-0.39, 0.29) is 15.4 Å². The van der Waals surface area contributed by atoms with Gasteiger partial charge in [0.05, 0.1) is 28.5 Å². The number of hydrogen-bond acceptors (Lipinski definition) is 5. The highest BCUT2D eigenvalue weighted by Crippen LogP contribution is 2.24. The fourth-order valence-electron chi connectivity index (χ4n) is 2.13. The van der Waals surface area contributed by atoms with Gasteiger partial charge in [-0.15, -0.1) is 0 Å². The second-order valence-electron chi connectivity index (χ2n) is 4.63. The molecule has 112 valence electrons. The van der Waals surface area contributed by atoms with Crippen LogP contribution in [0.4, 0.5) is 0 Å². The molecule has 0 aliphatic rings. The van der Waals surface area contributed by atoms with Gasteiger partial charge in [-0.3, -0.25) is 4.79 Å². The van der Waals surface area contributed by atoms with E-state index >= 15 is 0 Å². The molecule has 0 fully saturated rings. The van der Waals surface area contributed by atoms with Gasteiger partial charge in [-0.1, -0.05) is 0 Å². The number of nitrogens with zero attached hydrogens (tertiary/aromatic N) is 1. The van der Waals surface area contributed by atoms with E-state index in [1.54, 1.807) is 12.1 Å². The number of ether oxygens (including phenoxy) is 1. The summed E-state index contributed by atoms with van der Waals surface area (Å²) in [5, 5.41) is 6.85. The third kappa shape index (κ3) is 2.35. The van der Waals surface area contributed by atoms with Crippen LogP contribution in [0.2, 0.25) is 0 Å². The molecule has 0 saturated heterocycles. The molecule has 0 bridgehead atoms. The van der Waals surface area contributed by atoms with E-state index in [1.807, 2.05) is 0 Å². The molecule has 0 radical (unpaired) electrons. The maximum absolute atomic E-state index is 12.6. The van der Waals surface area contributed by atoms with Crippen molar-refractivity contribution in [1.82, 2.24) is 10.2 Å². The number of methoxy groups -OCH3 is 1. The first kappa shape index (κ1) is 14.3. The second kappa shape index (κ2) is 5.27. The van der Waals surface area contributed by atoms with Crippen molar-refractivity contribution in [2.24, 2.45) is 0 Å². The zero-order chi connectivity index (χ0) is 15.7. The number of sulfone groups is 1. The van der Waals surface area contributed by atoms with Gasteiger partial charge in [0, 0.05) is 5.39 Å². The van der Waals surface area contributed by atoms with Crippen molar-refractivity contribution in [3.8, 4) is 5.75 Å². The van der Waals surface area contributed by atoms with Crippen LogP contribution >= 0.6 is 0 Å². The van der Waals surface area contributed by atoms with Gasteiger partial charge in [-0.05, 0) is 42.5 Å². The fraction of sp³-hybridized carbons (Fsp3) is 0.0667. The summed E-state index contributed by atoms with van der Waals surface area (Å²) in [4.78, 5) is 11.9. The summed E-state index contributed by atoms with van der Waals surface area (Å²) < 4.78 is 30.2. The highest BCUT2D eigenvalue weighted by Gasteiger charge is 2.18. The predicted octanol–water partition coefficient (Wildman–Crippen LogP) is 1.76. The number of rotatable bonds is 3. The minimum atomic E-state index is -3.66. The molecule has 0 saturated carbocycles. The fourth-order valence-corrected chi connectivity index (χ4v) is 3.43. The van der Waals surface area contributed by atoms with Crippen molar-refractivity contribution in [2.45, 2.75) is 9.79 Å². The molecule has 0 atom stereocenters. The standard InChI is InChI=1S/C15H12N2O4S/c1-21-11-2-4-12(5-3-11)22(19,20)13-6-7-14-10(8-13)9-16-17-15(14)18/h2-9H,1H3,(H,17,18). The minimum absolute atomic E-state index is 0.109. The van der Waals surface area contributed by atoms with Crippen LogP contribution < -0.4 is 10.3 Å². The van der Waals surface area contributed by atoms with E-state index in [4.69, 9.17) is 4.74 Å². The van der Waals surface area contributed by atoms with Gasteiger partial charge in [-0.25, -0.2) is 13.5 Å². The summed E-state index contributed by atoms with van der Waals surface area (Å²) in [5.41, 5.74) is -0.356. The number of benzene rings is 2. The Balaban J connectivity index is 2.14. The van der Waals surface area contributed by atoms with Gasteiger partial charge in [0.1, 0.15) is 5.75 Å². The minimum Gasteiger partial charge on any atom is -0.497 e. The molecule has 1 heterocycles. The molecular weight excluding hydrogens is 304 g/mol. The lowest BCUT2D eigenvalue weighted by atomic mass is 10.2. The molecule has 2 aromatic carbocycles. The first-order valence-corrected chi connectivity index (χ1v) is 7.87. The number of aromatic nitrogens is 2. The molecule has 6 nitrogen and oxygen atoms in total. The molecule has 0 aliphatic carbocycles. The van der Waals surface area contributed by atoms with Gasteiger partial charge < -0.3 is 4.74 Å². The smallest absolute Gasteiger partial charge is 0.272 e. The maximum atomic E-state index is 12.6. The van der Waals surface area contributed by atoms with Crippen molar-refractivity contribution < 1.29 is 13.2 Å². The molecule has 1 N–H and O–H groups in total. The van der Waals surface area contributed by atoms with Crippen LogP contribution in [0.1, 0.15) is 0 Å². The van der Waals surface area contributed by atoms with Crippen LogP contribution in [0.3, 0.4) is 0 Å². The van der Waals surface area contributed by atoms with Gasteiger partial charge >= 0.3 is 0 Å². The summed E-state index contributed by atoms with van der Waals surface area (Å²) >= 11 is 0. The highest BCUT2D eigenvalue weighted by atomic mass is 32.2.